The first kappa shape index (κ1) is 16.2. The van der Waals surface area contributed by atoms with E-state index in [1.165, 1.54) is 0 Å². The molecule has 24 heavy (non-hydrogen) atoms. The summed E-state index contributed by atoms with van der Waals surface area (Å²) >= 11 is 0. The minimum absolute atomic E-state index is 0.0561. The van der Waals surface area contributed by atoms with Crippen molar-refractivity contribution < 1.29 is 9.59 Å². The van der Waals surface area contributed by atoms with Crippen molar-refractivity contribution in [3.63, 3.8) is 0 Å². The number of carbonyl (C=O) groups excluding carboxylic acids is 2. The highest BCUT2D eigenvalue weighted by Gasteiger charge is 2.38. The van der Waals surface area contributed by atoms with Gasteiger partial charge in [-0.3, -0.25) is 9.59 Å². The topological polar surface area (TPSA) is 71.1 Å². The Bertz CT molecular complexity index is 713. The van der Waals surface area contributed by atoms with E-state index in [1.807, 2.05) is 36.4 Å². The number of anilines is 1. The Balaban J connectivity index is 1.45. The highest BCUT2D eigenvalue weighted by Crippen LogP contribution is 2.37. The van der Waals surface area contributed by atoms with Crippen molar-refractivity contribution >= 4 is 17.6 Å². The van der Waals surface area contributed by atoms with Crippen molar-refractivity contribution in [1.29, 1.82) is 0 Å². The summed E-state index contributed by atoms with van der Waals surface area (Å²) in [6.07, 6.45) is 2.94. The molecule has 0 unspecified atom stereocenters. The van der Waals surface area contributed by atoms with Crippen LogP contribution in [0.5, 0.6) is 0 Å². The lowest BCUT2D eigenvalue weighted by Crippen LogP contribution is -2.29. The molecule has 1 aromatic carbocycles. The molecule has 1 aliphatic carbocycles. The van der Waals surface area contributed by atoms with Crippen LogP contribution in [-0.4, -0.2) is 23.3 Å². The fourth-order valence-corrected chi connectivity index (χ4v) is 2.59. The average molecular weight is 323 g/mol. The molecule has 0 saturated heterocycles. The Hall–Kier alpha value is -2.69. The van der Waals surface area contributed by atoms with Gasteiger partial charge in [-0.2, -0.15) is 0 Å². The van der Waals surface area contributed by atoms with E-state index in [2.05, 4.69) is 22.5 Å². The second-order valence-electron chi connectivity index (χ2n) is 6.21. The SMILES string of the molecule is C[C@H]1C[C@H]1C(=O)NCCC(=O)Nc1ccc(-c2ccccc2)cn1. The fourth-order valence-electron chi connectivity index (χ4n) is 2.59. The normalized spacial score (nSPS) is 18.7. The van der Waals surface area contributed by atoms with Gasteiger partial charge in [-0.05, 0) is 30.0 Å². The molecule has 1 fully saturated rings. The van der Waals surface area contributed by atoms with Crippen LogP contribution in [0.15, 0.2) is 48.7 Å². The van der Waals surface area contributed by atoms with Crippen LogP contribution in [-0.2, 0) is 9.59 Å². The largest absolute Gasteiger partial charge is 0.355 e. The molecule has 5 nitrogen and oxygen atoms in total. The molecule has 2 atom stereocenters. The van der Waals surface area contributed by atoms with Crippen LogP contribution in [0.3, 0.4) is 0 Å². The number of nitrogens with zero attached hydrogens (tertiary/aromatic N) is 1. The number of benzene rings is 1. The number of hydrogen-bond donors (Lipinski definition) is 2. The third kappa shape index (κ3) is 4.19. The van der Waals surface area contributed by atoms with Gasteiger partial charge < -0.3 is 10.6 Å². The Morgan fingerprint density at radius 1 is 1.12 bits per heavy atom. The fraction of sp³-hybridized carbons (Fsp3) is 0.316. The predicted molar refractivity (Wildman–Crippen MR) is 93.2 cm³/mol. The number of nitrogens with one attached hydrogen (secondary N) is 2. The lowest BCUT2D eigenvalue weighted by atomic mass is 10.1. The van der Waals surface area contributed by atoms with Gasteiger partial charge in [-0.25, -0.2) is 4.98 Å². The van der Waals surface area contributed by atoms with Crippen molar-refractivity contribution in [3.8, 4) is 11.1 Å². The van der Waals surface area contributed by atoms with Crippen LogP contribution >= 0.6 is 0 Å². The lowest BCUT2D eigenvalue weighted by molar-refractivity contribution is -0.122. The second kappa shape index (κ2) is 7.25. The first-order valence-electron chi connectivity index (χ1n) is 8.22. The molecule has 1 heterocycles. The number of pyridine rings is 1. The third-order valence-corrected chi connectivity index (χ3v) is 4.24. The highest BCUT2D eigenvalue weighted by molar-refractivity contribution is 5.90. The van der Waals surface area contributed by atoms with Gasteiger partial charge in [0, 0.05) is 30.6 Å². The molecule has 0 radical (unpaired) electrons. The molecule has 2 amide bonds. The number of carbonyl (C=O) groups is 2. The minimum Gasteiger partial charge on any atom is -0.355 e. The van der Waals surface area contributed by atoms with E-state index in [1.54, 1.807) is 12.3 Å². The van der Waals surface area contributed by atoms with Gasteiger partial charge in [0.05, 0.1) is 0 Å². The first-order valence-corrected chi connectivity index (χ1v) is 8.22. The summed E-state index contributed by atoms with van der Waals surface area (Å²) in [6.45, 7) is 2.41. The summed E-state index contributed by atoms with van der Waals surface area (Å²) in [5.74, 6) is 1.04. The predicted octanol–water partition coefficient (Wildman–Crippen LogP) is 2.85. The van der Waals surface area contributed by atoms with E-state index in [9.17, 15) is 9.59 Å². The molecule has 0 bridgehead atoms. The molecule has 124 valence electrons. The van der Waals surface area contributed by atoms with Crippen LogP contribution in [0.25, 0.3) is 11.1 Å². The van der Waals surface area contributed by atoms with Crippen molar-refractivity contribution in [1.82, 2.24) is 10.3 Å². The zero-order chi connectivity index (χ0) is 16.9. The number of rotatable bonds is 6. The number of hydrogen-bond acceptors (Lipinski definition) is 3. The van der Waals surface area contributed by atoms with Gasteiger partial charge in [-0.1, -0.05) is 37.3 Å². The van der Waals surface area contributed by atoms with Gasteiger partial charge in [-0.15, -0.1) is 0 Å². The smallest absolute Gasteiger partial charge is 0.227 e. The quantitative estimate of drug-likeness (QED) is 0.859. The molecule has 0 spiro atoms. The molecule has 3 rings (SSSR count). The van der Waals surface area contributed by atoms with E-state index in [0.717, 1.165) is 17.5 Å². The van der Waals surface area contributed by atoms with Gasteiger partial charge in [0.15, 0.2) is 0 Å². The van der Waals surface area contributed by atoms with Crippen molar-refractivity contribution in [2.75, 3.05) is 11.9 Å². The molecule has 2 aromatic rings. The van der Waals surface area contributed by atoms with E-state index >= 15 is 0 Å². The number of amides is 2. The average Bonchev–Trinajstić information content (AvgIpc) is 3.33. The van der Waals surface area contributed by atoms with Crippen LogP contribution in [0.1, 0.15) is 19.8 Å². The molecule has 0 aliphatic heterocycles. The van der Waals surface area contributed by atoms with E-state index in [4.69, 9.17) is 0 Å². The van der Waals surface area contributed by atoms with Crippen LogP contribution < -0.4 is 10.6 Å². The monoisotopic (exact) mass is 323 g/mol. The van der Waals surface area contributed by atoms with Gasteiger partial charge >= 0.3 is 0 Å². The summed E-state index contributed by atoms with van der Waals surface area (Å²) in [5.41, 5.74) is 2.08. The molecular formula is C19H21N3O2. The molecule has 1 aromatic heterocycles. The maximum absolute atomic E-state index is 11.9. The van der Waals surface area contributed by atoms with Crippen molar-refractivity contribution in [3.05, 3.63) is 48.7 Å². The Morgan fingerprint density at radius 3 is 2.50 bits per heavy atom. The highest BCUT2D eigenvalue weighted by atomic mass is 16.2. The Kier molecular flexibility index (Phi) is 4.89. The van der Waals surface area contributed by atoms with Gasteiger partial charge in [0.1, 0.15) is 5.82 Å². The van der Waals surface area contributed by atoms with E-state index in [-0.39, 0.29) is 24.2 Å². The summed E-state index contributed by atoms with van der Waals surface area (Å²) < 4.78 is 0. The van der Waals surface area contributed by atoms with Crippen molar-refractivity contribution in [2.24, 2.45) is 11.8 Å². The zero-order valence-corrected chi connectivity index (χ0v) is 13.7. The van der Waals surface area contributed by atoms with E-state index < -0.39 is 0 Å². The standard InChI is InChI=1S/C19H21N3O2/c1-13-11-16(13)19(24)20-10-9-18(23)22-17-8-7-15(12-21-17)14-5-3-2-4-6-14/h2-8,12-13,16H,9-11H2,1H3,(H,20,24)(H,21,22,23)/t13-,16+/m0/s1. The molecule has 1 saturated carbocycles. The number of aromatic nitrogens is 1. The Morgan fingerprint density at radius 2 is 1.88 bits per heavy atom. The summed E-state index contributed by atoms with van der Waals surface area (Å²) in [7, 11) is 0. The molecular weight excluding hydrogens is 302 g/mol. The van der Waals surface area contributed by atoms with Crippen molar-refractivity contribution in [2.45, 2.75) is 19.8 Å². The van der Waals surface area contributed by atoms with Gasteiger partial charge in [0.25, 0.3) is 0 Å². The van der Waals surface area contributed by atoms with Crippen LogP contribution in [0.2, 0.25) is 0 Å². The first-order chi connectivity index (χ1) is 11.6. The van der Waals surface area contributed by atoms with Crippen LogP contribution in [0, 0.1) is 11.8 Å². The summed E-state index contributed by atoms with van der Waals surface area (Å²) in [5, 5.41) is 5.55. The van der Waals surface area contributed by atoms with Crippen LogP contribution in [0.4, 0.5) is 5.82 Å². The molecule has 1 aliphatic rings. The summed E-state index contributed by atoms with van der Waals surface area (Å²) in [6, 6.07) is 13.6. The minimum atomic E-state index is -0.154. The maximum Gasteiger partial charge on any atom is 0.227 e. The van der Waals surface area contributed by atoms with E-state index in [0.29, 0.717) is 18.3 Å². The molecule has 2 N–H and O–H groups in total. The lowest BCUT2D eigenvalue weighted by Gasteiger charge is -2.07. The summed E-state index contributed by atoms with van der Waals surface area (Å²) in [4.78, 5) is 27.8. The zero-order valence-electron chi connectivity index (χ0n) is 13.7. The third-order valence-electron chi connectivity index (χ3n) is 4.24. The van der Waals surface area contributed by atoms with Gasteiger partial charge in [0.2, 0.25) is 11.8 Å². The molecule has 5 heteroatoms. The maximum atomic E-state index is 11.9. The second-order valence-corrected chi connectivity index (χ2v) is 6.21. The Labute approximate surface area is 141 Å².